The van der Waals surface area contributed by atoms with Crippen LogP contribution >= 0.6 is 0 Å². The van der Waals surface area contributed by atoms with Gasteiger partial charge in [-0.3, -0.25) is 9.78 Å². The van der Waals surface area contributed by atoms with E-state index in [4.69, 9.17) is 0 Å². The number of rotatable bonds is 2. The minimum Gasteiger partial charge on any atom is -0.342 e. The number of aryl methyl sites for hydroxylation is 1. The van der Waals surface area contributed by atoms with Crippen LogP contribution in [0.3, 0.4) is 0 Å². The molecular formula is C16H20N4O. The summed E-state index contributed by atoms with van der Waals surface area (Å²) in [5.41, 5.74) is 3.96. The SMILES string of the molecule is Cc1cnc2cc(C3CCN(C(=O)C4CC4)CC3)[nH]c2n1. The lowest BCUT2D eigenvalue weighted by atomic mass is 9.93. The molecular weight excluding hydrogens is 264 g/mol. The number of likely N-dealkylation sites (tertiary alicyclic amines) is 1. The zero-order valence-electron chi connectivity index (χ0n) is 12.3. The number of fused-ring (bicyclic) bond motifs is 1. The van der Waals surface area contributed by atoms with Gasteiger partial charge in [-0.1, -0.05) is 0 Å². The number of H-pyrrole nitrogens is 1. The second-order valence-electron chi connectivity index (χ2n) is 6.34. The summed E-state index contributed by atoms with van der Waals surface area (Å²) in [6.07, 6.45) is 6.06. The van der Waals surface area contributed by atoms with E-state index in [1.807, 2.05) is 6.92 Å². The smallest absolute Gasteiger partial charge is 0.225 e. The summed E-state index contributed by atoms with van der Waals surface area (Å²) in [5.74, 6) is 1.21. The van der Waals surface area contributed by atoms with Crippen LogP contribution in [0.5, 0.6) is 0 Å². The molecule has 3 heterocycles. The molecule has 0 radical (unpaired) electrons. The molecule has 0 unspecified atom stereocenters. The maximum Gasteiger partial charge on any atom is 0.225 e. The Hall–Kier alpha value is -1.91. The first-order valence-electron chi connectivity index (χ1n) is 7.82. The van der Waals surface area contributed by atoms with Gasteiger partial charge in [0.05, 0.1) is 5.69 Å². The number of aromatic nitrogens is 3. The summed E-state index contributed by atoms with van der Waals surface area (Å²) in [5, 5.41) is 0. The fraction of sp³-hybridized carbons (Fsp3) is 0.562. The van der Waals surface area contributed by atoms with Crippen LogP contribution in [0, 0.1) is 12.8 Å². The van der Waals surface area contributed by atoms with Crippen molar-refractivity contribution in [1.82, 2.24) is 19.9 Å². The zero-order valence-corrected chi connectivity index (χ0v) is 12.3. The Bertz CT molecular complexity index is 681. The molecule has 2 aromatic rings. The standard InChI is InChI=1S/C16H20N4O/c1-10-9-17-14-8-13(19-15(14)18-10)11-4-6-20(7-5-11)16(21)12-2-3-12/h8-9,11-12H,2-7H2,1H3,(H,18,19). The van der Waals surface area contributed by atoms with Gasteiger partial charge in [0.2, 0.25) is 5.91 Å². The van der Waals surface area contributed by atoms with Gasteiger partial charge in [0.15, 0.2) is 5.65 Å². The molecule has 110 valence electrons. The van der Waals surface area contributed by atoms with Crippen molar-refractivity contribution in [2.75, 3.05) is 13.1 Å². The van der Waals surface area contributed by atoms with E-state index in [1.54, 1.807) is 6.20 Å². The van der Waals surface area contributed by atoms with E-state index in [2.05, 4.69) is 25.9 Å². The predicted octanol–water partition coefficient (Wildman–Crippen LogP) is 2.38. The largest absolute Gasteiger partial charge is 0.342 e. The third-order valence-corrected chi connectivity index (χ3v) is 4.65. The molecule has 0 aromatic carbocycles. The molecule has 5 heteroatoms. The van der Waals surface area contributed by atoms with Gasteiger partial charge in [-0.05, 0) is 38.7 Å². The van der Waals surface area contributed by atoms with Gasteiger partial charge in [-0.25, -0.2) is 4.98 Å². The lowest BCUT2D eigenvalue weighted by molar-refractivity contribution is -0.133. The summed E-state index contributed by atoms with van der Waals surface area (Å²) < 4.78 is 0. The minimum atomic E-state index is 0.339. The highest BCUT2D eigenvalue weighted by Gasteiger charge is 2.35. The Morgan fingerprint density at radius 1 is 1.29 bits per heavy atom. The van der Waals surface area contributed by atoms with E-state index < -0.39 is 0 Å². The molecule has 0 bridgehead atoms. The number of carbonyl (C=O) groups is 1. The molecule has 1 aliphatic heterocycles. The van der Waals surface area contributed by atoms with Gasteiger partial charge in [0, 0.05) is 36.8 Å². The van der Waals surface area contributed by atoms with Crippen molar-refractivity contribution in [1.29, 1.82) is 0 Å². The second-order valence-corrected chi connectivity index (χ2v) is 6.34. The van der Waals surface area contributed by atoms with E-state index in [0.29, 0.717) is 17.7 Å². The highest BCUT2D eigenvalue weighted by molar-refractivity contribution is 5.81. The maximum atomic E-state index is 12.1. The fourth-order valence-corrected chi connectivity index (χ4v) is 3.22. The van der Waals surface area contributed by atoms with Crippen LogP contribution in [0.25, 0.3) is 11.2 Å². The van der Waals surface area contributed by atoms with Crippen LogP contribution in [0.15, 0.2) is 12.3 Å². The number of nitrogens with one attached hydrogen (secondary N) is 1. The molecule has 2 aliphatic rings. The monoisotopic (exact) mass is 284 g/mol. The molecule has 1 amide bonds. The van der Waals surface area contributed by atoms with E-state index in [0.717, 1.165) is 55.6 Å². The van der Waals surface area contributed by atoms with Crippen LogP contribution in [-0.4, -0.2) is 38.8 Å². The first-order chi connectivity index (χ1) is 10.2. The summed E-state index contributed by atoms with van der Waals surface area (Å²) in [7, 11) is 0. The number of aromatic amines is 1. The topological polar surface area (TPSA) is 61.9 Å². The second kappa shape index (κ2) is 4.83. The molecule has 1 aliphatic carbocycles. The number of piperidine rings is 1. The lowest BCUT2D eigenvalue weighted by Gasteiger charge is -2.31. The summed E-state index contributed by atoms with van der Waals surface area (Å²) >= 11 is 0. The van der Waals surface area contributed by atoms with Crippen LogP contribution < -0.4 is 0 Å². The average Bonchev–Trinajstić information content (AvgIpc) is 3.26. The Morgan fingerprint density at radius 3 is 2.76 bits per heavy atom. The van der Waals surface area contributed by atoms with E-state index >= 15 is 0 Å². The highest BCUT2D eigenvalue weighted by atomic mass is 16.2. The Balaban J connectivity index is 1.48. The van der Waals surface area contributed by atoms with E-state index in [9.17, 15) is 4.79 Å². The van der Waals surface area contributed by atoms with Crippen LogP contribution in [0.1, 0.15) is 43.0 Å². The van der Waals surface area contributed by atoms with Crippen molar-refractivity contribution in [3.63, 3.8) is 0 Å². The van der Waals surface area contributed by atoms with Crippen molar-refractivity contribution >= 4 is 17.1 Å². The van der Waals surface area contributed by atoms with Gasteiger partial charge in [0.25, 0.3) is 0 Å². The van der Waals surface area contributed by atoms with Crippen LogP contribution in [0.2, 0.25) is 0 Å². The Kier molecular flexibility index (Phi) is 2.94. The Morgan fingerprint density at radius 2 is 2.05 bits per heavy atom. The van der Waals surface area contributed by atoms with Gasteiger partial charge in [-0.2, -0.15) is 0 Å². The van der Waals surface area contributed by atoms with Gasteiger partial charge < -0.3 is 9.88 Å². The van der Waals surface area contributed by atoms with Crippen LogP contribution in [0.4, 0.5) is 0 Å². The zero-order chi connectivity index (χ0) is 14.4. The summed E-state index contributed by atoms with van der Waals surface area (Å²) in [4.78, 5) is 26.4. The summed E-state index contributed by atoms with van der Waals surface area (Å²) in [6, 6.07) is 2.12. The molecule has 1 N–H and O–H groups in total. The summed E-state index contributed by atoms with van der Waals surface area (Å²) in [6.45, 7) is 3.72. The molecule has 21 heavy (non-hydrogen) atoms. The molecule has 0 atom stereocenters. The maximum absolute atomic E-state index is 12.1. The van der Waals surface area contributed by atoms with E-state index in [-0.39, 0.29) is 0 Å². The number of hydrogen-bond acceptors (Lipinski definition) is 3. The third kappa shape index (κ3) is 2.41. The lowest BCUT2D eigenvalue weighted by Crippen LogP contribution is -2.38. The van der Waals surface area contributed by atoms with Crippen molar-refractivity contribution in [2.24, 2.45) is 5.92 Å². The predicted molar refractivity (Wildman–Crippen MR) is 79.9 cm³/mol. The number of carbonyl (C=O) groups excluding carboxylic acids is 1. The number of nitrogens with zero attached hydrogens (tertiary/aromatic N) is 3. The third-order valence-electron chi connectivity index (χ3n) is 4.65. The van der Waals surface area contributed by atoms with Crippen molar-refractivity contribution in [3.05, 3.63) is 23.7 Å². The van der Waals surface area contributed by atoms with E-state index in [1.165, 1.54) is 5.69 Å². The van der Waals surface area contributed by atoms with Crippen molar-refractivity contribution in [3.8, 4) is 0 Å². The molecule has 2 fully saturated rings. The molecule has 0 spiro atoms. The molecule has 5 nitrogen and oxygen atoms in total. The number of hydrogen-bond donors (Lipinski definition) is 1. The first kappa shape index (κ1) is 12.8. The highest BCUT2D eigenvalue weighted by Crippen LogP contribution is 2.34. The van der Waals surface area contributed by atoms with Crippen LogP contribution in [-0.2, 0) is 4.79 Å². The molecule has 2 aromatic heterocycles. The first-order valence-corrected chi connectivity index (χ1v) is 7.82. The average molecular weight is 284 g/mol. The quantitative estimate of drug-likeness (QED) is 0.921. The molecule has 1 saturated carbocycles. The Labute approximate surface area is 123 Å². The normalized spacial score (nSPS) is 20.1. The van der Waals surface area contributed by atoms with Gasteiger partial charge in [-0.15, -0.1) is 0 Å². The number of amides is 1. The van der Waals surface area contributed by atoms with Gasteiger partial charge in [0.1, 0.15) is 5.52 Å². The molecule has 4 rings (SSSR count). The van der Waals surface area contributed by atoms with Gasteiger partial charge >= 0.3 is 0 Å². The minimum absolute atomic E-state index is 0.339. The fourth-order valence-electron chi connectivity index (χ4n) is 3.22. The van der Waals surface area contributed by atoms with Crippen molar-refractivity contribution in [2.45, 2.75) is 38.5 Å². The van der Waals surface area contributed by atoms with Crippen molar-refractivity contribution < 1.29 is 4.79 Å². The molecule has 1 saturated heterocycles.